The minimum Gasteiger partial charge on any atom is -0.305 e. The van der Waals surface area contributed by atoms with E-state index in [4.69, 9.17) is 5.41 Å². The molecule has 4 atom stereocenters. The number of nitrogens with zero attached hydrogens (tertiary/aromatic N) is 3. The van der Waals surface area contributed by atoms with Gasteiger partial charge in [-0.25, -0.2) is 0 Å². The van der Waals surface area contributed by atoms with Crippen LogP contribution in [0.15, 0.2) is 35.9 Å². The van der Waals surface area contributed by atoms with E-state index in [1.807, 2.05) is 12.1 Å². The van der Waals surface area contributed by atoms with E-state index in [0.717, 1.165) is 30.4 Å². The summed E-state index contributed by atoms with van der Waals surface area (Å²) in [6.07, 6.45) is 4.89. The molecule has 1 fully saturated rings. The van der Waals surface area contributed by atoms with E-state index in [1.165, 1.54) is 5.56 Å². The fourth-order valence-electron chi connectivity index (χ4n) is 5.00. The van der Waals surface area contributed by atoms with E-state index in [0.29, 0.717) is 5.92 Å². The van der Waals surface area contributed by atoms with Crippen molar-refractivity contribution in [2.24, 2.45) is 23.2 Å². The molecule has 3 rings (SSSR count). The topological polar surface area (TPSA) is 95.2 Å². The summed E-state index contributed by atoms with van der Waals surface area (Å²) in [5.74, 6) is -0.791. The second-order valence-electron chi connectivity index (χ2n) is 9.41. The second-order valence-corrected chi connectivity index (χ2v) is 9.41. The molecule has 1 aromatic carbocycles. The van der Waals surface area contributed by atoms with Crippen molar-refractivity contribution in [1.82, 2.24) is 0 Å². The van der Waals surface area contributed by atoms with Crippen molar-refractivity contribution in [1.29, 1.82) is 21.2 Å². The fourth-order valence-corrected chi connectivity index (χ4v) is 5.00. The van der Waals surface area contributed by atoms with Crippen molar-refractivity contribution in [3.8, 4) is 18.2 Å². The Labute approximate surface area is 174 Å². The van der Waals surface area contributed by atoms with Gasteiger partial charge in [0.05, 0.1) is 23.9 Å². The molecule has 0 heterocycles. The molecule has 29 heavy (non-hydrogen) atoms. The number of nitriles is 3. The smallest absolute Gasteiger partial charge is 0.189 e. The van der Waals surface area contributed by atoms with Gasteiger partial charge in [0.25, 0.3) is 0 Å². The summed E-state index contributed by atoms with van der Waals surface area (Å²) in [4.78, 5) is 0. The van der Waals surface area contributed by atoms with Gasteiger partial charge in [-0.05, 0) is 46.8 Å². The van der Waals surface area contributed by atoms with Gasteiger partial charge in [0, 0.05) is 5.92 Å². The van der Waals surface area contributed by atoms with Gasteiger partial charge in [-0.2, -0.15) is 15.8 Å². The Morgan fingerprint density at radius 2 is 1.72 bits per heavy atom. The third-order valence-electron chi connectivity index (χ3n) is 6.81. The highest BCUT2D eigenvalue weighted by Crippen LogP contribution is 2.56. The first kappa shape index (κ1) is 20.8. The van der Waals surface area contributed by atoms with Crippen LogP contribution >= 0.6 is 0 Å². The number of hydrogen-bond donors (Lipinski definition) is 1. The van der Waals surface area contributed by atoms with Crippen molar-refractivity contribution in [2.45, 2.75) is 58.3 Å². The van der Waals surface area contributed by atoms with E-state index in [2.05, 4.69) is 64.1 Å². The largest absolute Gasteiger partial charge is 0.305 e. The van der Waals surface area contributed by atoms with Gasteiger partial charge in [-0.3, -0.25) is 0 Å². The van der Waals surface area contributed by atoms with Gasteiger partial charge in [-0.15, -0.1) is 0 Å². The van der Waals surface area contributed by atoms with E-state index in [1.54, 1.807) is 0 Å². The van der Waals surface area contributed by atoms with Crippen LogP contribution in [0.5, 0.6) is 0 Å². The van der Waals surface area contributed by atoms with Crippen LogP contribution in [0.2, 0.25) is 0 Å². The quantitative estimate of drug-likeness (QED) is 0.669. The first-order valence-electron chi connectivity index (χ1n) is 10.3. The van der Waals surface area contributed by atoms with Gasteiger partial charge in [0.2, 0.25) is 0 Å². The molecular formula is C25H28N4. The fraction of sp³-hybridized carbons (Fsp3) is 0.520. The highest BCUT2D eigenvalue weighted by atomic mass is 14.7. The molecule has 0 saturated heterocycles. The molecule has 1 N–H and O–H groups in total. The average molecular weight is 385 g/mol. The van der Waals surface area contributed by atoms with Gasteiger partial charge in [0.1, 0.15) is 5.92 Å². The van der Waals surface area contributed by atoms with Crippen molar-refractivity contribution in [2.75, 3.05) is 0 Å². The Bertz CT molecular complexity index is 943. The number of benzene rings is 1. The lowest BCUT2D eigenvalue weighted by atomic mass is 9.52. The monoisotopic (exact) mass is 384 g/mol. The zero-order valence-electron chi connectivity index (χ0n) is 17.7. The molecule has 0 aliphatic heterocycles. The van der Waals surface area contributed by atoms with Crippen molar-refractivity contribution in [3.05, 3.63) is 47.0 Å². The van der Waals surface area contributed by atoms with Crippen LogP contribution in [0.3, 0.4) is 0 Å². The Hall–Kier alpha value is -2.90. The summed E-state index contributed by atoms with van der Waals surface area (Å²) in [6.45, 7) is 8.61. The minimum atomic E-state index is -1.61. The summed E-state index contributed by atoms with van der Waals surface area (Å²) in [5.41, 5.74) is 1.37. The molecule has 0 spiro atoms. The zero-order valence-corrected chi connectivity index (χ0v) is 17.7. The molecule has 4 heteroatoms. The van der Waals surface area contributed by atoms with Gasteiger partial charge in [0.15, 0.2) is 5.41 Å². The van der Waals surface area contributed by atoms with Crippen LogP contribution < -0.4 is 0 Å². The highest BCUT2D eigenvalue weighted by Gasteiger charge is 2.57. The lowest BCUT2D eigenvalue weighted by Gasteiger charge is -2.47. The van der Waals surface area contributed by atoms with Gasteiger partial charge < -0.3 is 5.41 Å². The summed E-state index contributed by atoms with van der Waals surface area (Å²) < 4.78 is 0. The predicted octanol–water partition coefficient (Wildman–Crippen LogP) is 5.64. The third-order valence-corrected chi connectivity index (χ3v) is 6.81. The molecule has 2 aliphatic carbocycles. The second kappa shape index (κ2) is 7.50. The van der Waals surface area contributed by atoms with Crippen molar-refractivity contribution < 1.29 is 0 Å². The van der Waals surface area contributed by atoms with Crippen LogP contribution in [-0.2, 0) is 5.41 Å². The van der Waals surface area contributed by atoms with E-state index in [9.17, 15) is 15.8 Å². The zero-order chi connectivity index (χ0) is 21.4. The van der Waals surface area contributed by atoms with Crippen molar-refractivity contribution in [3.63, 3.8) is 0 Å². The normalized spacial score (nSPS) is 28.3. The maximum atomic E-state index is 10.1. The van der Waals surface area contributed by atoms with Gasteiger partial charge >= 0.3 is 0 Å². The standard InChI is InChI=1S/C25H28N4/c1-5-16-6-11-19-20(12-16)22(17-7-9-18(10-8-17)24(2,3)4)25(14-27,15-28)23(29)21(19)13-26/h7-11,16,20-22,29H,5-6,12H2,1-4H3/t16?,20-,21?,22+/m0/s1. The highest BCUT2D eigenvalue weighted by molar-refractivity contribution is 6.00. The van der Waals surface area contributed by atoms with Crippen LogP contribution in [0, 0.1) is 62.6 Å². The van der Waals surface area contributed by atoms with E-state index >= 15 is 0 Å². The molecular weight excluding hydrogens is 356 g/mol. The summed E-state index contributed by atoms with van der Waals surface area (Å²) in [6, 6.07) is 14.7. The van der Waals surface area contributed by atoms with Crippen LogP contribution in [0.1, 0.15) is 64.0 Å². The Balaban J connectivity index is 2.20. The van der Waals surface area contributed by atoms with Crippen molar-refractivity contribution >= 4 is 5.71 Å². The molecule has 2 aliphatic rings. The Morgan fingerprint density at radius 1 is 1.10 bits per heavy atom. The maximum Gasteiger partial charge on any atom is 0.189 e. The average Bonchev–Trinajstić information content (AvgIpc) is 2.72. The maximum absolute atomic E-state index is 10.1. The molecule has 0 radical (unpaired) electrons. The SMILES string of the molecule is CCC1CC=C2C(C#N)C(=N)C(C#N)(C#N)[C@H](c3ccc(C(C)(C)C)cc3)[C@H]2C1. The minimum absolute atomic E-state index is 0.00839. The number of allylic oxidation sites excluding steroid dienone is 2. The molecule has 0 amide bonds. The lowest BCUT2D eigenvalue weighted by molar-refractivity contribution is 0.270. The number of fused-ring (bicyclic) bond motifs is 1. The Kier molecular flexibility index (Phi) is 5.38. The van der Waals surface area contributed by atoms with Gasteiger partial charge in [-0.1, -0.05) is 64.5 Å². The van der Waals surface area contributed by atoms with E-state index < -0.39 is 17.3 Å². The molecule has 4 nitrogen and oxygen atoms in total. The molecule has 1 aromatic rings. The molecule has 0 bridgehead atoms. The lowest BCUT2D eigenvalue weighted by Crippen LogP contribution is -2.49. The summed E-state index contributed by atoms with van der Waals surface area (Å²) in [7, 11) is 0. The summed E-state index contributed by atoms with van der Waals surface area (Å²) >= 11 is 0. The third kappa shape index (κ3) is 3.26. The Morgan fingerprint density at radius 3 is 2.21 bits per heavy atom. The summed E-state index contributed by atoms with van der Waals surface area (Å²) in [5, 5.41) is 38.7. The number of rotatable bonds is 2. The molecule has 148 valence electrons. The number of hydrogen-bond acceptors (Lipinski definition) is 4. The van der Waals surface area contributed by atoms with Crippen LogP contribution in [0.4, 0.5) is 0 Å². The predicted molar refractivity (Wildman–Crippen MR) is 113 cm³/mol. The van der Waals surface area contributed by atoms with Crippen LogP contribution in [-0.4, -0.2) is 5.71 Å². The molecule has 2 unspecified atom stereocenters. The molecule has 0 aromatic heterocycles. The number of nitrogens with one attached hydrogen (secondary N) is 1. The first-order chi connectivity index (χ1) is 13.7. The first-order valence-corrected chi connectivity index (χ1v) is 10.3. The van der Waals surface area contributed by atoms with Crippen LogP contribution in [0.25, 0.3) is 0 Å². The molecule has 1 saturated carbocycles. The van der Waals surface area contributed by atoms with E-state index in [-0.39, 0.29) is 17.0 Å².